The summed E-state index contributed by atoms with van der Waals surface area (Å²) in [6.45, 7) is 2.09. The van der Waals surface area contributed by atoms with Gasteiger partial charge in [-0.1, -0.05) is 25.1 Å². The molecule has 0 amide bonds. The first kappa shape index (κ1) is 8.32. The summed E-state index contributed by atoms with van der Waals surface area (Å²) in [7, 11) is 0. The minimum Gasteiger partial charge on any atom is -0.357 e. The van der Waals surface area contributed by atoms with E-state index in [2.05, 4.69) is 30.1 Å². The van der Waals surface area contributed by atoms with Crippen molar-refractivity contribution >= 4 is 10.9 Å². The molecule has 1 heterocycles. The van der Waals surface area contributed by atoms with Crippen LogP contribution in [-0.2, 0) is 0 Å². The van der Waals surface area contributed by atoms with Gasteiger partial charge in [0.25, 0.3) is 0 Å². The van der Waals surface area contributed by atoms with E-state index in [0.29, 0.717) is 0 Å². The summed E-state index contributed by atoms with van der Waals surface area (Å²) in [6.07, 6.45) is 0.965. The molecule has 13 heavy (non-hydrogen) atoms. The molecule has 68 valence electrons. The maximum absolute atomic E-state index is 5.93. The van der Waals surface area contributed by atoms with Gasteiger partial charge < -0.3 is 10.7 Å². The van der Waals surface area contributed by atoms with Crippen molar-refractivity contribution in [2.45, 2.75) is 19.4 Å². The molecule has 2 heteroatoms. The van der Waals surface area contributed by atoms with Crippen LogP contribution in [-0.4, -0.2) is 4.98 Å². The lowest BCUT2D eigenvalue weighted by Gasteiger charge is -2.03. The number of para-hydroxylation sites is 1. The largest absolute Gasteiger partial charge is 0.357 e. The second-order valence-corrected chi connectivity index (χ2v) is 3.33. The van der Waals surface area contributed by atoms with Gasteiger partial charge in [0.15, 0.2) is 0 Å². The Balaban J connectivity index is 2.49. The van der Waals surface area contributed by atoms with E-state index in [-0.39, 0.29) is 6.04 Å². The molecule has 0 aliphatic carbocycles. The first-order chi connectivity index (χ1) is 6.31. The predicted octanol–water partition coefficient (Wildman–Crippen LogP) is 2.58. The average molecular weight is 174 g/mol. The molecule has 1 aromatic heterocycles. The van der Waals surface area contributed by atoms with E-state index in [1.165, 1.54) is 10.9 Å². The third kappa shape index (κ3) is 1.45. The van der Waals surface area contributed by atoms with Gasteiger partial charge in [-0.2, -0.15) is 0 Å². The fourth-order valence-electron chi connectivity index (χ4n) is 1.52. The van der Waals surface area contributed by atoms with Gasteiger partial charge in [0.05, 0.1) is 0 Å². The number of aromatic nitrogens is 1. The van der Waals surface area contributed by atoms with Crippen molar-refractivity contribution < 1.29 is 0 Å². The molecule has 0 radical (unpaired) electrons. The van der Waals surface area contributed by atoms with Crippen molar-refractivity contribution in [3.05, 3.63) is 36.0 Å². The van der Waals surface area contributed by atoms with E-state index in [1.807, 2.05) is 12.1 Å². The molecule has 0 aliphatic rings. The molecule has 2 aromatic rings. The van der Waals surface area contributed by atoms with E-state index < -0.39 is 0 Å². The van der Waals surface area contributed by atoms with Crippen LogP contribution in [0.4, 0.5) is 0 Å². The summed E-state index contributed by atoms with van der Waals surface area (Å²) in [5, 5.41) is 1.24. The number of rotatable bonds is 2. The molecule has 0 saturated heterocycles. The van der Waals surface area contributed by atoms with Crippen molar-refractivity contribution in [3.8, 4) is 0 Å². The molecule has 3 N–H and O–H groups in total. The highest BCUT2D eigenvalue weighted by atomic mass is 14.8. The molecule has 0 bridgehead atoms. The van der Waals surface area contributed by atoms with Crippen molar-refractivity contribution in [1.82, 2.24) is 4.98 Å². The lowest BCUT2D eigenvalue weighted by Crippen LogP contribution is -2.08. The highest BCUT2D eigenvalue weighted by molar-refractivity contribution is 5.80. The number of benzene rings is 1. The second kappa shape index (κ2) is 3.23. The van der Waals surface area contributed by atoms with E-state index >= 15 is 0 Å². The summed E-state index contributed by atoms with van der Waals surface area (Å²) in [5.41, 5.74) is 8.22. The van der Waals surface area contributed by atoms with Crippen LogP contribution < -0.4 is 5.73 Å². The maximum Gasteiger partial charge on any atom is 0.0456 e. The molecule has 0 fully saturated rings. The Morgan fingerprint density at radius 1 is 1.38 bits per heavy atom. The number of hydrogen-bond donors (Lipinski definition) is 2. The Labute approximate surface area is 77.8 Å². The number of aromatic amines is 1. The third-order valence-corrected chi connectivity index (χ3v) is 2.39. The van der Waals surface area contributed by atoms with Gasteiger partial charge in [0.2, 0.25) is 0 Å². The standard InChI is InChI=1S/C11H14N2/c1-2-9(12)11-7-8-5-3-4-6-10(8)13-11/h3-7,9,13H,2,12H2,1H3. The first-order valence-corrected chi connectivity index (χ1v) is 4.64. The van der Waals surface area contributed by atoms with Crippen molar-refractivity contribution in [3.63, 3.8) is 0 Å². The fourth-order valence-corrected chi connectivity index (χ4v) is 1.52. The quantitative estimate of drug-likeness (QED) is 0.722. The van der Waals surface area contributed by atoms with Gasteiger partial charge >= 0.3 is 0 Å². The minimum atomic E-state index is 0.132. The number of H-pyrrole nitrogens is 1. The lowest BCUT2D eigenvalue weighted by molar-refractivity contribution is 0.682. The van der Waals surface area contributed by atoms with E-state index in [1.54, 1.807) is 0 Å². The van der Waals surface area contributed by atoms with Crippen molar-refractivity contribution in [2.75, 3.05) is 0 Å². The molecule has 1 unspecified atom stereocenters. The molecular formula is C11H14N2. The number of fused-ring (bicyclic) bond motifs is 1. The maximum atomic E-state index is 5.93. The Morgan fingerprint density at radius 3 is 2.85 bits per heavy atom. The summed E-state index contributed by atoms with van der Waals surface area (Å²) >= 11 is 0. The zero-order chi connectivity index (χ0) is 9.26. The summed E-state index contributed by atoms with van der Waals surface area (Å²) in [5.74, 6) is 0. The first-order valence-electron chi connectivity index (χ1n) is 4.64. The monoisotopic (exact) mass is 174 g/mol. The molecule has 0 aliphatic heterocycles. The van der Waals surface area contributed by atoms with Gasteiger partial charge in [-0.05, 0) is 23.9 Å². The van der Waals surface area contributed by atoms with Crippen LogP contribution in [0.3, 0.4) is 0 Å². The summed E-state index contributed by atoms with van der Waals surface area (Å²) in [6, 6.07) is 10.5. The molecule has 2 nitrogen and oxygen atoms in total. The Bertz CT molecular complexity index is 370. The molecule has 1 atom stereocenters. The zero-order valence-electron chi connectivity index (χ0n) is 7.75. The number of hydrogen-bond acceptors (Lipinski definition) is 1. The highest BCUT2D eigenvalue weighted by Gasteiger charge is 2.05. The van der Waals surface area contributed by atoms with Crippen LogP contribution in [0.25, 0.3) is 10.9 Å². The smallest absolute Gasteiger partial charge is 0.0456 e. The van der Waals surface area contributed by atoms with Crippen LogP contribution in [0.15, 0.2) is 30.3 Å². The average Bonchev–Trinajstić information content (AvgIpc) is 2.59. The van der Waals surface area contributed by atoms with Gasteiger partial charge in [-0.25, -0.2) is 0 Å². The Hall–Kier alpha value is -1.28. The lowest BCUT2D eigenvalue weighted by atomic mass is 10.1. The van der Waals surface area contributed by atoms with Gasteiger partial charge in [0.1, 0.15) is 0 Å². The second-order valence-electron chi connectivity index (χ2n) is 3.33. The molecule has 1 aromatic carbocycles. The number of nitrogens with two attached hydrogens (primary N) is 1. The summed E-state index contributed by atoms with van der Waals surface area (Å²) in [4.78, 5) is 3.32. The molecule has 2 rings (SSSR count). The van der Waals surface area contributed by atoms with Crippen LogP contribution in [0.1, 0.15) is 25.1 Å². The fraction of sp³-hybridized carbons (Fsp3) is 0.273. The SMILES string of the molecule is CCC(N)c1cc2ccccc2[nH]1. The van der Waals surface area contributed by atoms with Crippen LogP contribution in [0, 0.1) is 0 Å². The number of nitrogens with one attached hydrogen (secondary N) is 1. The van der Waals surface area contributed by atoms with Gasteiger partial charge in [-0.3, -0.25) is 0 Å². The Morgan fingerprint density at radius 2 is 2.15 bits per heavy atom. The van der Waals surface area contributed by atoms with Crippen molar-refractivity contribution in [2.24, 2.45) is 5.73 Å². The van der Waals surface area contributed by atoms with Crippen LogP contribution in [0.2, 0.25) is 0 Å². The molecule has 0 spiro atoms. The van der Waals surface area contributed by atoms with E-state index in [4.69, 9.17) is 5.73 Å². The normalized spacial score (nSPS) is 13.4. The topological polar surface area (TPSA) is 41.8 Å². The van der Waals surface area contributed by atoms with Crippen molar-refractivity contribution in [1.29, 1.82) is 0 Å². The van der Waals surface area contributed by atoms with E-state index in [9.17, 15) is 0 Å². The molecular weight excluding hydrogens is 160 g/mol. The molecule has 0 saturated carbocycles. The van der Waals surface area contributed by atoms with E-state index in [0.717, 1.165) is 12.1 Å². The summed E-state index contributed by atoms with van der Waals surface area (Å²) < 4.78 is 0. The van der Waals surface area contributed by atoms with Gasteiger partial charge in [0, 0.05) is 17.3 Å². The van der Waals surface area contributed by atoms with Crippen LogP contribution in [0.5, 0.6) is 0 Å². The zero-order valence-corrected chi connectivity index (χ0v) is 7.75. The predicted molar refractivity (Wildman–Crippen MR) is 55.5 cm³/mol. The third-order valence-electron chi connectivity index (χ3n) is 2.39. The van der Waals surface area contributed by atoms with Gasteiger partial charge in [-0.15, -0.1) is 0 Å². The minimum absolute atomic E-state index is 0.132. The Kier molecular flexibility index (Phi) is 2.07. The highest BCUT2D eigenvalue weighted by Crippen LogP contribution is 2.19. The van der Waals surface area contributed by atoms with Crippen LogP contribution >= 0.6 is 0 Å².